The second kappa shape index (κ2) is 7.52. The van der Waals surface area contributed by atoms with Gasteiger partial charge in [0.15, 0.2) is 0 Å². The fourth-order valence-electron chi connectivity index (χ4n) is 3.60. The lowest BCUT2D eigenvalue weighted by molar-refractivity contribution is -0.126. The van der Waals surface area contributed by atoms with E-state index in [4.69, 9.17) is 0 Å². The molecule has 1 N–H and O–H groups in total. The Bertz CT molecular complexity index is 964. The molecule has 6 nitrogen and oxygen atoms in total. The Morgan fingerprint density at radius 2 is 2.11 bits per heavy atom. The van der Waals surface area contributed by atoms with E-state index in [-0.39, 0.29) is 17.7 Å². The first-order valence-electron chi connectivity index (χ1n) is 9.14. The van der Waals surface area contributed by atoms with Gasteiger partial charge in [0.05, 0.1) is 28.4 Å². The molecule has 0 radical (unpaired) electrons. The third kappa shape index (κ3) is 3.60. The van der Waals surface area contributed by atoms with Gasteiger partial charge in [-0.2, -0.15) is 0 Å². The quantitative estimate of drug-likeness (QED) is 0.754. The Kier molecular flexibility index (Phi) is 4.94. The molecule has 0 aliphatic carbocycles. The van der Waals surface area contributed by atoms with Gasteiger partial charge in [-0.1, -0.05) is 18.2 Å². The summed E-state index contributed by atoms with van der Waals surface area (Å²) in [5.41, 5.74) is 1.97. The fourth-order valence-corrected chi connectivity index (χ4v) is 4.29. The normalized spacial score (nSPS) is 17.2. The van der Waals surface area contributed by atoms with Gasteiger partial charge in [0.2, 0.25) is 5.91 Å². The Morgan fingerprint density at radius 3 is 2.89 bits per heavy atom. The maximum Gasteiger partial charge on any atom is 0.263 e. The van der Waals surface area contributed by atoms with E-state index in [0.29, 0.717) is 19.6 Å². The standard InChI is InChI=1S/C20H22N4O2S/c1-23-16-8-3-2-7-15(16)22-18(23)12-21-19(25)14-6-4-10-24(13-14)20(26)17-9-5-11-27-17/h2-3,5,7-9,11,14H,4,6,10,12-13H2,1H3,(H,21,25). The number of nitrogens with zero attached hydrogens (tertiary/aromatic N) is 3. The molecule has 140 valence electrons. The number of hydrogen-bond donors (Lipinski definition) is 1. The zero-order valence-electron chi connectivity index (χ0n) is 15.2. The second-order valence-corrected chi connectivity index (χ2v) is 7.81. The minimum atomic E-state index is -0.169. The maximum atomic E-state index is 12.7. The Balaban J connectivity index is 1.39. The van der Waals surface area contributed by atoms with Crippen molar-refractivity contribution in [1.29, 1.82) is 0 Å². The minimum Gasteiger partial charge on any atom is -0.349 e. The molecule has 1 aliphatic heterocycles. The number of amides is 2. The van der Waals surface area contributed by atoms with Crippen LogP contribution in [0.5, 0.6) is 0 Å². The molecule has 2 amide bonds. The topological polar surface area (TPSA) is 67.2 Å². The predicted octanol–water partition coefficient (Wildman–Crippen LogP) is 2.80. The molecule has 2 aromatic heterocycles. The van der Waals surface area contributed by atoms with E-state index in [1.807, 2.05) is 53.4 Å². The summed E-state index contributed by atoms with van der Waals surface area (Å²) in [5.74, 6) is 0.674. The third-order valence-electron chi connectivity index (χ3n) is 5.11. The van der Waals surface area contributed by atoms with Gasteiger partial charge in [-0.3, -0.25) is 9.59 Å². The summed E-state index contributed by atoms with van der Waals surface area (Å²) >= 11 is 1.44. The number of carbonyl (C=O) groups excluding carboxylic acids is 2. The van der Waals surface area contributed by atoms with Gasteiger partial charge in [0.25, 0.3) is 5.91 Å². The molecule has 1 atom stereocenters. The summed E-state index contributed by atoms with van der Waals surface area (Å²) < 4.78 is 2.00. The van der Waals surface area contributed by atoms with E-state index >= 15 is 0 Å². The van der Waals surface area contributed by atoms with E-state index < -0.39 is 0 Å². The summed E-state index contributed by atoms with van der Waals surface area (Å²) in [6.45, 7) is 1.58. The highest BCUT2D eigenvalue weighted by Gasteiger charge is 2.29. The zero-order valence-corrected chi connectivity index (χ0v) is 16.0. The number of thiophene rings is 1. The molecule has 1 aliphatic rings. The van der Waals surface area contributed by atoms with Crippen molar-refractivity contribution in [3.05, 3.63) is 52.5 Å². The van der Waals surface area contributed by atoms with E-state index in [1.54, 1.807) is 4.90 Å². The smallest absolute Gasteiger partial charge is 0.263 e. The molecule has 1 fully saturated rings. The SMILES string of the molecule is Cn1c(CNC(=O)C2CCCN(C(=O)c3cccs3)C2)nc2ccccc21. The van der Waals surface area contributed by atoms with Gasteiger partial charge in [-0.15, -0.1) is 11.3 Å². The van der Waals surface area contributed by atoms with Crippen LogP contribution in [-0.4, -0.2) is 39.4 Å². The Morgan fingerprint density at radius 1 is 1.26 bits per heavy atom. The lowest BCUT2D eigenvalue weighted by Gasteiger charge is -2.31. The summed E-state index contributed by atoms with van der Waals surface area (Å²) in [5, 5.41) is 4.91. The third-order valence-corrected chi connectivity index (χ3v) is 5.97. The predicted molar refractivity (Wildman–Crippen MR) is 106 cm³/mol. The number of para-hydroxylation sites is 2. The molecule has 3 aromatic rings. The van der Waals surface area contributed by atoms with Crippen LogP contribution in [0.25, 0.3) is 11.0 Å². The molecular weight excluding hydrogens is 360 g/mol. The largest absolute Gasteiger partial charge is 0.349 e. The highest BCUT2D eigenvalue weighted by atomic mass is 32.1. The average Bonchev–Trinajstić information content (AvgIpc) is 3.34. The lowest BCUT2D eigenvalue weighted by Crippen LogP contribution is -2.45. The average molecular weight is 382 g/mol. The highest BCUT2D eigenvalue weighted by molar-refractivity contribution is 7.12. The van der Waals surface area contributed by atoms with Gasteiger partial charge in [-0.05, 0) is 36.4 Å². The lowest BCUT2D eigenvalue weighted by atomic mass is 9.97. The molecular formula is C20H22N4O2S. The first-order chi connectivity index (χ1) is 13.1. The molecule has 1 unspecified atom stereocenters. The molecule has 0 saturated carbocycles. The van der Waals surface area contributed by atoms with E-state index in [9.17, 15) is 9.59 Å². The molecule has 1 saturated heterocycles. The Hall–Kier alpha value is -2.67. The number of fused-ring (bicyclic) bond motifs is 1. The number of aromatic nitrogens is 2. The van der Waals surface area contributed by atoms with Crippen LogP contribution in [0.15, 0.2) is 41.8 Å². The van der Waals surface area contributed by atoms with Crippen molar-refractivity contribution in [1.82, 2.24) is 19.8 Å². The monoisotopic (exact) mass is 382 g/mol. The molecule has 4 rings (SSSR count). The molecule has 27 heavy (non-hydrogen) atoms. The molecule has 7 heteroatoms. The molecule has 3 heterocycles. The number of imidazole rings is 1. The van der Waals surface area contributed by atoms with Crippen LogP contribution in [-0.2, 0) is 18.4 Å². The van der Waals surface area contributed by atoms with Crippen LogP contribution in [0.3, 0.4) is 0 Å². The first-order valence-corrected chi connectivity index (χ1v) is 10.0. The van der Waals surface area contributed by atoms with Gasteiger partial charge >= 0.3 is 0 Å². The number of benzene rings is 1. The van der Waals surface area contributed by atoms with Crippen molar-refractivity contribution in [3.8, 4) is 0 Å². The highest BCUT2D eigenvalue weighted by Crippen LogP contribution is 2.21. The van der Waals surface area contributed by atoms with Crippen LogP contribution in [0, 0.1) is 5.92 Å². The fraction of sp³-hybridized carbons (Fsp3) is 0.350. The van der Waals surface area contributed by atoms with Gasteiger partial charge in [0.1, 0.15) is 5.82 Å². The maximum absolute atomic E-state index is 12.7. The van der Waals surface area contributed by atoms with E-state index in [1.165, 1.54) is 11.3 Å². The van der Waals surface area contributed by atoms with Crippen LogP contribution < -0.4 is 5.32 Å². The minimum absolute atomic E-state index is 0.00858. The van der Waals surface area contributed by atoms with Gasteiger partial charge in [-0.25, -0.2) is 4.98 Å². The number of nitrogens with one attached hydrogen (secondary N) is 1. The molecule has 0 bridgehead atoms. The number of rotatable bonds is 4. The van der Waals surface area contributed by atoms with Crippen LogP contribution in [0.4, 0.5) is 0 Å². The van der Waals surface area contributed by atoms with Crippen molar-refractivity contribution < 1.29 is 9.59 Å². The van der Waals surface area contributed by atoms with Crippen LogP contribution in [0.1, 0.15) is 28.3 Å². The van der Waals surface area contributed by atoms with Gasteiger partial charge < -0.3 is 14.8 Å². The van der Waals surface area contributed by atoms with E-state index in [2.05, 4.69) is 10.3 Å². The number of aryl methyl sites for hydroxylation is 1. The summed E-state index contributed by atoms with van der Waals surface area (Å²) in [6.07, 6.45) is 1.66. The first kappa shape index (κ1) is 17.7. The summed E-state index contributed by atoms with van der Waals surface area (Å²) in [7, 11) is 1.96. The number of likely N-dealkylation sites (tertiary alicyclic amines) is 1. The van der Waals surface area contributed by atoms with Crippen LogP contribution in [0.2, 0.25) is 0 Å². The number of piperidine rings is 1. The second-order valence-electron chi connectivity index (χ2n) is 6.86. The van der Waals surface area contributed by atoms with Crippen molar-refractivity contribution in [2.45, 2.75) is 19.4 Å². The van der Waals surface area contributed by atoms with Crippen LogP contribution >= 0.6 is 11.3 Å². The summed E-state index contributed by atoms with van der Waals surface area (Å²) in [4.78, 5) is 32.3. The summed E-state index contributed by atoms with van der Waals surface area (Å²) in [6, 6.07) is 11.6. The molecule has 0 spiro atoms. The molecule has 1 aromatic carbocycles. The van der Waals surface area contributed by atoms with Crippen molar-refractivity contribution in [2.24, 2.45) is 13.0 Å². The van der Waals surface area contributed by atoms with Crippen molar-refractivity contribution in [3.63, 3.8) is 0 Å². The van der Waals surface area contributed by atoms with Crippen molar-refractivity contribution in [2.75, 3.05) is 13.1 Å². The number of hydrogen-bond acceptors (Lipinski definition) is 4. The van der Waals surface area contributed by atoms with E-state index in [0.717, 1.165) is 34.6 Å². The van der Waals surface area contributed by atoms with Gasteiger partial charge in [0, 0.05) is 20.1 Å². The Labute approximate surface area is 161 Å². The van der Waals surface area contributed by atoms with Crippen molar-refractivity contribution >= 4 is 34.2 Å². The number of carbonyl (C=O) groups is 2. The zero-order chi connectivity index (χ0) is 18.8.